The number of thioether (sulfide) groups is 1. The number of carbonyl (C=O) groups is 1. The molecule has 0 aliphatic carbocycles. The maximum Gasteiger partial charge on any atom is 0.262 e. The third-order valence-corrected chi connectivity index (χ3v) is 5.14. The van der Waals surface area contributed by atoms with E-state index in [0.717, 1.165) is 0 Å². The molecule has 0 unspecified atom stereocenters. The van der Waals surface area contributed by atoms with Gasteiger partial charge >= 0.3 is 0 Å². The molecule has 140 valence electrons. The van der Waals surface area contributed by atoms with E-state index in [4.69, 9.17) is 0 Å². The van der Waals surface area contributed by atoms with Gasteiger partial charge in [-0.2, -0.15) is 0 Å². The fourth-order valence-corrected chi connectivity index (χ4v) is 3.71. The zero-order valence-corrected chi connectivity index (χ0v) is 16.1. The molecule has 0 saturated heterocycles. The number of halogens is 1. The highest BCUT2D eigenvalue weighted by molar-refractivity contribution is 8.00. The van der Waals surface area contributed by atoms with Gasteiger partial charge in [-0.25, -0.2) is 9.37 Å². The van der Waals surface area contributed by atoms with E-state index in [0.29, 0.717) is 16.1 Å². The van der Waals surface area contributed by atoms with Gasteiger partial charge in [0.05, 0.1) is 21.8 Å². The summed E-state index contributed by atoms with van der Waals surface area (Å²) < 4.78 is 15.3. The quantitative estimate of drug-likeness (QED) is 0.527. The average molecular weight is 385 g/mol. The van der Waals surface area contributed by atoms with Crippen molar-refractivity contribution in [3.05, 3.63) is 64.7 Å². The van der Waals surface area contributed by atoms with Crippen molar-refractivity contribution < 1.29 is 9.18 Å². The number of nitrogens with zero attached hydrogens (tertiary/aromatic N) is 2. The summed E-state index contributed by atoms with van der Waals surface area (Å²) in [5.74, 6) is -0.853. The highest BCUT2D eigenvalue weighted by atomic mass is 32.2. The van der Waals surface area contributed by atoms with Crippen LogP contribution >= 0.6 is 11.8 Å². The van der Waals surface area contributed by atoms with E-state index in [-0.39, 0.29) is 23.2 Å². The summed E-state index contributed by atoms with van der Waals surface area (Å²) in [5.41, 5.74) is 0.575. The molecule has 0 fully saturated rings. The van der Waals surface area contributed by atoms with Gasteiger partial charge in [-0.3, -0.25) is 14.2 Å². The lowest BCUT2D eigenvalue weighted by molar-refractivity contribution is -0.115. The predicted molar refractivity (Wildman–Crippen MR) is 107 cm³/mol. The molecule has 0 saturated carbocycles. The second-order valence-corrected chi connectivity index (χ2v) is 7.72. The normalized spacial score (nSPS) is 12.3. The minimum atomic E-state index is -0.567. The van der Waals surface area contributed by atoms with Crippen molar-refractivity contribution in [2.75, 3.05) is 5.32 Å². The van der Waals surface area contributed by atoms with Crippen LogP contribution in [0.5, 0.6) is 0 Å². The number of rotatable bonds is 5. The molecule has 27 heavy (non-hydrogen) atoms. The van der Waals surface area contributed by atoms with Crippen molar-refractivity contribution in [1.82, 2.24) is 9.55 Å². The molecular weight excluding hydrogens is 365 g/mol. The molecule has 1 aromatic heterocycles. The number of fused-ring (bicyclic) bond motifs is 1. The van der Waals surface area contributed by atoms with Crippen molar-refractivity contribution in [3.63, 3.8) is 0 Å². The van der Waals surface area contributed by atoms with Crippen LogP contribution in [0.2, 0.25) is 0 Å². The molecule has 1 heterocycles. The summed E-state index contributed by atoms with van der Waals surface area (Å²) in [4.78, 5) is 29.9. The zero-order chi connectivity index (χ0) is 19.6. The Bertz CT molecular complexity index is 1050. The van der Waals surface area contributed by atoms with Crippen molar-refractivity contribution in [3.8, 4) is 0 Å². The number of para-hydroxylation sites is 2. The first-order valence-electron chi connectivity index (χ1n) is 8.62. The lowest BCUT2D eigenvalue weighted by atomic mass is 10.2. The Hall–Kier alpha value is -2.67. The first-order chi connectivity index (χ1) is 12.9. The summed E-state index contributed by atoms with van der Waals surface area (Å²) in [7, 11) is 0. The zero-order valence-electron chi connectivity index (χ0n) is 15.3. The fourth-order valence-electron chi connectivity index (χ4n) is 2.67. The molecule has 0 bridgehead atoms. The first kappa shape index (κ1) is 19.1. The number of nitrogens with one attached hydrogen (secondary N) is 1. The summed E-state index contributed by atoms with van der Waals surface area (Å²) in [6.07, 6.45) is 0. The minimum Gasteiger partial charge on any atom is -0.323 e. The average Bonchev–Trinajstić information content (AvgIpc) is 2.63. The Balaban J connectivity index is 1.91. The fraction of sp³-hybridized carbons (Fsp3) is 0.250. The smallest absolute Gasteiger partial charge is 0.262 e. The van der Waals surface area contributed by atoms with Crippen LogP contribution in [0.25, 0.3) is 10.9 Å². The van der Waals surface area contributed by atoms with Crippen LogP contribution in [0.15, 0.2) is 58.5 Å². The van der Waals surface area contributed by atoms with E-state index in [1.165, 1.54) is 23.9 Å². The Morgan fingerprint density at radius 3 is 2.48 bits per heavy atom. The Morgan fingerprint density at radius 1 is 1.11 bits per heavy atom. The summed E-state index contributed by atoms with van der Waals surface area (Å²) in [6.45, 7) is 5.49. The lowest BCUT2D eigenvalue weighted by Gasteiger charge is -2.18. The lowest BCUT2D eigenvalue weighted by Crippen LogP contribution is -2.28. The van der Waals surface area contributed by atoms with Crippen molar-refractivity contribution in [1.29, 1.82) is 0 Å². The van der Waals surface area contributed by atoms with Gasteiger partial charge in [-0.05, 0) is 45.0 Å². The highest BCUT2D eigenvalue weighted by Crippen LogP contribution is 2.26. The van der Waals surface area contributed by atoms with E-state index >= 15 is 0 Å². The molecule has 7 heteroatoms. The van der Waals surface area contributed by atoms with Crippen molar-refractivity contribution in [2.24, 2.45) is 0 Å². The molecule has 0 aliphatic rings. The van der Waals surface area contributed by atoms with E-state index in [2.05, 4.69) is 10.3 Å². The second-order valence-electron chi connectivity index (χ2n) is 6.41. The van der Waals surface area contributed by atoms with Crippen molar-refractivity contribution >= 4 is 34.3 Å². The highest BCUT2D eigenvalue weighted by Gasteiger charge is 2.21. The molecule has 5 nitrogen and oxygen atoms in total. The largest absolute Gasteiger partial charge is 0.323 e. The Morgan fingerprint density at radius 2 is 1.78 bits per heavy atom. The van der Waals surface area contributed by atoms with Crippen molar-refractivity contribution in [2.45, 2.75) is 37.2 Å². The SMILES string of the molecule is CC(C)n1c(S[C@H](C)C(=O)Nc2ccccc2F)nc2ccccc2c1=O. The maximum atomic E-state index is 13.8. The number of hydrogen-bond donors (Lipinski definition) is 1. The van der Waals surface area contributed by atoms with Crippen LogP contribution in [0.1, 0.15) is 26.8 Å². The van der Waals surface area contributed by atoms with E-state index in [1.54, 1.807) is 41.8 Å². The molecule has 1 amide bonds. The van der Waals surface area contributed by atoms with Gasteiger partial charge in [0.15, 0.2) is 5.16 Å². The van der Waals surface area contributed by atoms with E-state index in [9.17, 15) is 14.0 Å². The molecule has 3 aromatic rings. The van der Waals surface area contributed by atoms with Gasteiger partial charge in [0, 0.05) is 6.04 Å². The number of carbonyl (C=O) groups excluding carboxylic acids is 1. The van der Waals surface area contributed by atoms with Crippen LogP contribution < -0.4 is 10.9 Å². The number of benzene rings is 2. The molecule has 1 N–H and O–H groups in total. The van der Waals surface area contributed by atoms with Crippen LogP contribution in [0.4, 0.5) is 10.1 Å². The van der Waals surface area contributed by atoms with Gasteiger partial charge in [0.25, 0.3) is 5.56 Å². The van der Waals surface area contributed by atoms with Gasteiger partial charge in [0.2, 0.25) is 5.91 Å². The van der Waals surface area contributed by atoms with E-state index < -0.39 is 11.1 Å². The second kappa shape index (κ2) is 7.92. The summed E-state index contributed by atoms with van der Waals surface area (Å²) >= 11 is 1.18. The molecule has 1 atom stereocenters. The summed E-state index contributed by atoms with van der Waals surface area (Å²) in [6, 6.07) is 13.0. The van der Waals surface area contributed by atoms with E-state index in [1.807, 2.05) is 19.9 Å². The van der Waals surface area contributed by atoms with Crippen LogP contribution in [0, 0.1) is 5.82 Å². The molecule has 3 rings (SSSR count). The predicted octanol–water partition coefficient (Wildman–Crippen LogP) is 4.24. The molecule has 0 spiro atoms. The Labute approximate surface area is 160 Å². The van der Waals surface area contributed by atoms with Gasteiger partial charge in [-0.15, -0.1) is 0 Å². The van der Waals surface area contributed by atoms with Gasteiger partial charge < -0.3 is 5.32 Å². The number of aromatic nitrogens is 2. The molecule has 0 radical (unpaired) electrons. The standard InChI is InChI=1S/C20H20FN3O2S/c1-12(2)24-19(26)14-8-4-6-10-16(14)23-20(24)27-13(3)18(25)22-17-11-7-5-9-15(17)21/h4-13H,1-3H3,(H,22,25)/t13-/m1/s1. The summed E-state index contributed by atoms with van der Waals surface area (Å²) in [5, 5.41) is 3.02. The van der Waals surface area contributed by atoms with Gasteiger partial charge in [-0.1, -0.05) is 36.0 Å². The minimum absolute atomic E-state index is 0.112. The molecular formula is C20H20FN3O2S. The van der Waals surface area contributed by atoms with Crippen LogP contribution in [0.3, 0.4) is 0 Å². The number of hydrogen-bond acceptors (Lipinski definition) is 4. The molecule has 0 aliphatic heterocycles. The maximum absolute atomic E-state index is 13.8. The topological polar surface area (TPSA) is 64.0 Å². The first-order valence-corrected chi connectivity index (χ1v) is 9.49. The monoisotopic (exact) mass is 385 g/mol. The third kappa shape index (κ3) is 4.03. The number of anilines is 1. The molecule has 2 aromatic carbocycles. The van der Waals surface area contributed by atoms with Gasteiger partial charge in [0.1, 0.15) is 5.82 Å². The number of amides is 1. The Kier molecular flexibility index (Phi) is 5.60. The van der Waals surface area contributed by atoms with Crippen LogP contribution in [-0.4, -0.2) is 20.7 Å². The van der Waals surface area contributed by atoms with Crippen LogP contribution in [-0.2, 0) is 4.79 Å². The third-order valence-electron chi connectivity index (χ3n) is 4.07.